The Morgan fingerprint density at radius 2 is 2.38 bits per heavy atom. The SMILES string of the molecule is CCOCCCNC(=O)/C(C#N)=C\Nc1cc(C)ccn1. The zero-order valence-electron chi connectivity index (χ0n) is 12.3. The van der Waals surface area contributed by atoms with Crippen LogP contribution in [0.15, 0.2) is 30.1 Å². The first-order valence-corrected chi connectivity index (χ1v) is 6.82. The van der Waals surface area contributed by atoms with Crippen molar-refractivity contribution in [3.05, 3.63) is 35.7 Å². The monoisotopic (exact) mass is 288 g/mol. The van der Waals surface area contributed by atoms with Crippen molar-refractivity contribution in [2.45, 2.75) is 20.3 Å². The van der Waals surface area contributed by atoms with Crippen molar-refractivity contribution in [1.29, 1.82) is 5.26 Å². The summed E-state index contributed by atoms with van der Waals surface area (Å²) >= 11 is 0. The van der Waals surface area contributed by atoms with Crippen LogP contribution in [0.3, 0.4) is 0 Å². The molecule has 1 aromatic heterocycles. The lowest BCUT2D eigenvalue weighted by molar-refractivity contribution is -0.117. The van der Waals surface area contributed by atoms with E-state index in [-0.39, 0.29) is 5.57 Å². The second-order valence-corrected chi connectivity index (χ2v) is 4.34. The molecule has 2 N–H and O–H groups in total. The van der Waals surface area contributed by atoms with Gasteiger partial charge in [0.1, 0.15) is 17.5 Å². The van der Waals surface area contributed by atoms with E-state index in [0.29, 0.717) is 32.0 Å². The number of nitrogens with one attached hydrogen (secondary N) is 2. The number of anilines is 1. The largest absolute Gasteiger partial charge is 0.382 e. The summed E-state index contributed by atoms with van der Waals surface area (Å²) in [5, 5.41) is 14.5. The second-order valence-electron chi connectivity index (χ2n) is 4.34. The number of pyridine rings is 1. The van der Waals surface area contributed by atoms with E-state index >= 15 is 0 Å². The molecular formula is C15H20N4O2. The van der Waals surface area contributed by atoms with Gasteiger partial charge in [0.15, 0.2) is 0 Å². The standard InChI is InChI=1S/C15H20N4O2/c1-3-21-8-4-6-18-15(20)13(10-16)11-19-14-9-12(2)5-7-17-14/h5,7,9,11H,3-4,6,8H2,1-2H3,(H,17,19)(H,18,20)/b13-11-. The van der Waals surface area contributed by atoms with Crippen LogP contribution in [0.4, 0.5) is 5.82 Å². The molecule has 112 valence electrons. The molecule has 0 saturated heterocycles. The number of hydrogen-bond acceptors (Lipinski definition) is 5. The van der Waals surface area contributed by atoms with Gasteiger partial charge < -0.3 is 15.4 Å². The zero-order valence-corrected chi connectivity index (χ0v) is 12.3. The summed E-state index contributed by atoms with van der Waals surface area (Å²) in [6, 6.07) is 5.56. The molecule has 1 heterocycles. The van der Waals surface area contributed by atoms with E-state index in [1.165, 1.54) is 6.20 Å². The second kappa shape index (κ2) is 9.50. The van der Waals surface area contributed by atoms with Crippen LogP contribution in [0, 0.1) is 18.3 Å². The summed E-state index contributed by atoms with van der Waals surface area (Å²) in [5.74, 6) is 0.182. The van der Waals surface area contributed by atoms with Gasteiger partial charge >= 0.3 is 0 Å². The minimum Gasteiger partial charge on any atom is -0.382 e. The van der Waals surface area contributed by atoms with E-state index in [1.54, 1.807) is 6.20 Å². The number of carbonyl (C=O) groups excluding carboxylic acids is 1. The molecule has 0 spiro atoms. The Balaban J connectivity index is 2.47. The van der Waals surface area contributed by atoms with Crippen molar-refractivity contribution in [2.75, 3.05) is 25.1 Å². The summed E-state index contributed by atoms with van der Waals surface area (Å²) in [4.78, 5) is 15.9. The molecule has 0 saturated carbocycles. The summed E-state index contributed by atoms with van der Waals surface area (Å²) in [7, 11) is 0. The highest BCUT2D eigenvalue weighted by molar-refractivity contribution is 5.97. The molecule has 0 aliphatic rings. The highest BCUT2D eigenvalue weighted by Gasteiger charge is 2.07. The Labute approximate surface area is 124 Å². The Hall–Kier alpha value is -2.39. The van der Waals surface area contributed by atoms with E-state index in [9.17, 15) is 4.79 Å². The molecule has 0 atom stereocenters. The van der Waals surface area contributed by atoms with Gasteiger partial charge in [0.25, 0.3) is 5.91 Å². The fourth-order valence-corrected chi connectivity index (χ4v) is 1.53. The Kier molecular flexibility index (Phi) is 7.54. The van der Waals surface area contributed by atoms with E-state index in [1.807, 2.05) is 32.0 Å². The summed E-state index contributed by atoms with van der Waals surface area (Å²) in [5.41, 5.74) is 1.05. The van der Waals surface area contributed by atoms with Crippen molar-refractivity contribution in [3.63, 3.8) is 0 Å². The predicted octanol–water partition coefficient (Wildman–Crippen LogP) is 1.75. The predicted molar refractivity (Wildman–Crippen MR) is 80.4 cm³/mol. The van der Waals surface area contributed by atoms with Crippen LogP contribution in [-0.2, 0) is 9.53 Å². The van der Waals surface area contributed by atoms with Crippen LogP contribution in [0.2, 0.25) is 0 Å². The summed E-state index contributed by atoms with van der Waals surface area (Å²) in [6.07, 6.45) is 3.73. The molecule has 6 nitrogen and oxygen atoms in total. The molecule has 0 bridgehead atoms. The van der Waals surface area contributed by atoms with Crippen molar-refractivity contribution >= 4 is 11.7 Å². The first-order valence-electron chi connectivity index (χ1n) is 6.82. The molecular weight excluding hydrogens is 268 g/mol. The molecule has 21 heavy (non-hydrogen) atoms. The maximum atomic E-state index is 11.8. The van der Waals surface area contributed by atoms with Gasteiger partial charge in [0, 0.05) is 32.2 Å². The van der Waals surface area contributed by atoms with Crippen LogP contribution in [-0.4, -0.2) is 30.6 Å². The third-order valence-corrected chi connectivity index (χ3v) is 2.60. The van der Waals surface area contributed by atoms with Gasteiger partial charge in [-0.1, -0.05) is 0 Å². The van der Waals surface area contributed by atoms with Crippen LogP contribution in [0.1, 0.15) is 18.9 Å². The first kappa shape index (κ1) is 16.7. The van der Waals surface area contributed by atoms with E-state index < -0.39 is 5.91 Å². The average molecular weight is 288 g/mol. The molecule has 6 heteroatoms. The first-order chi connectivity index (χ1) is 10.2. The quantitative estimate of drug-likeness (QED) is 0.432. The van der Waals surface area contributed by atoms with Gasteiger partial charge in [-0.2, -0.15) is 5.26 Å². The van der Waals surface area contributed by atoms with Crippen molar-refractivity contribution in [3.8, 4) is 6.07 Å². The summed E-state index contributed by atoms with van der Waals surface area (Å²) in [6.45, 7) is 5.58. The smallest absolute Gasteiger partial charge is 0.263 e. The Morgan fingerprint density at radius 1 is 1.57 bits per heavy atom. The lowest BCUT2D eigenvalue weighted by Crippen LogP contribution is -2.26. The lowest BCUT2D eigenvalue weighted by atomic mass is 10.2. The van der Waals surface area contributed by atoms with E-state index in [4.69, 9.17) is 10.00 Å². The minimum absolute atomic E-state index is 0.00900. The number of carbonyl (C=O) groups is 1. The summed E-state index contributed by atoms with van der Waals surface area (Å²) < 4.78 is 5.17. The maximum Gasteiger partial charge on any atom is 0.263 e. The molecule has 1 amide bonds. The van der Waals surface area contributed by atoms with Gasteiger partial charge in [0.05, 0.1) is 0 Å². The average Bonchev–Trinajstić information content (AvgIpc) is 2.48. The number of nitrogens with zero attached hydrogens (tertiary/aromatic N) is 2. The molecule has 0 fully saturated rings. The fraction of sp³-hybridized carbons (Fsp3) is 0.400. The van der Waals surface area contributed by atoms with Crippen molar-refractivity contribution in [1.82, 2.24) is 10.3 Å². The number of rotatable bonds is 8. The number of amides is 1. The number of hydrogen-bond donors (Lipinski definition) is 2. The molecule has 1 rings (SSSR count). The normalized spacial score (nSPS) is 10.8. The molecule has 0 aliphatic heterocycles. The minimum atomic E-state index is -0.408. The van der Waals surface area contributed by atoms with Crippen molar-refractivity contribution < 1.29 is 9.53 Å². The van der Waals surface area contributed by atoms with Gasteiger partial charge in [-0.15, -0.1) is 0 Å². The van der Waals surface area contributed by atoms with Gasteiger partial charge in [-0.05, 0) is 38.0 Å². The van der Waals surface area contributed by atoms with Crippen LogP contribution >= 0.6 is 0 Å². The Bertz CT molecular complexity index is 535. The number of nitriles is 1. The number of ether oxygens (including phenoxy) is 1. The Morgan fingerprint density at radius 3 is 3.05 bits per heavy atom. The van der Waals surface area contributed by atoms with Gasteiger partial charge in [-0.3, -0.25) is 4.79 Å². The highest BCUT2D eigenvalue weighted by Crippen LogP contribution is 2.06. The van der Waals surface area contributed by atoms with Crippen molar-refractivity contribution in [2.24, 2.45) is 0 Å². The molecule has 0 unspecified atom stereocenters. The molecule has 1 aromatic rings. The van der Waals surface area contributed by atoms with Crippen LogP contribution in [0.5, 0.6) is 0 Å². The lowest BCUT2D eigenvalue weighted by Gasteiger charge is -2.05. The molecule has 0 radical (unpaired) electrons. The van der Waals surface area contributed by atoms with Crippen LogP contribution in [0.25, 0.3) is 0 Å². The van der Waals surface area contributed by atoms with Gasteiger partial charge in [0.2, 0.25) is 0 Å². The molecule has 0 aliphatic carbocycles. The van der Waals surface area contributed by atoms with E-state index in [0.717, 1.165) is 5.56 Å². The third-order valence-electron chi connectivity index (χ3n) is 2.60. The maximum absolute atomic E-state index is 11.8. The highest BCUT2D eigenvalue weighted by atomic mass is 16.5. The fourth-order valence-electron chi connectivity index (χ4n) is 1.53. The number of aromatic nitrogens is 1. The number of aryl methyl sites for hydroxylation is 1. The third kappa shape index (κ3) is 6.54. The molecule has 0 aromatic carbocycles. The van der Waals surface area contributed by atoms with Crippen LogP contribution < -0.4 is 10.6 Å². The topological polar surface area (TPSA) is 87.0 Å². The van der Waals surface area contributed by atoms with E-state index in [2.05, 4.69) is 15.6 Å². The zero-order chi connectivity index (χ0) is 15.5. The van der Waals surface area contributed by atoms with Gasteiger partial charge in [-0.25, -0.2) is 4.98 Å².